The molecule has 0 amide bonds. The number of ether oxygens (including phenoxy) is 4. The van der Waals surface area contributed by atoms with Crippen molar-refractivity contribution in [1.29, 1.82) is 0 Å². The van der Waals surface area contributed by atoms with E-state index in [4.69, 9.17) is 18.9 Å². The van der Waals surface area contributed by atoms with Crippen molar-refractivity contribution < 1.29 is 42.9 Å². The van der Waals surface area contributed by atoms with Gasteiger partial charge in [-0.25, -0.2) is 0 Å². The molecule has 9 nitrogen and oxygen atoms in total. The molecule has 0 spiro atoms. The fraction of sp³-hybridized carbons (Fsp3) is 0.800. The zero-order chi connectivity index (χ0) is 20.4. The van der Waals surface area contributed by atoms with Crippen molar-refractivity contribution in [2.24, 2.45) is 0 Å². The summed E-state index contributed by atoms with van der Waals surface area (Å²) in [5.41, 5.74) is 0. The first-order valence-electron chi connectivity index (χ1n) is 7.95. The largest absolute Gasteiger partial charge is 0.373 e. The van der Waals surface area contributed by atoms with Crippen LogP contribution in [-0.4, -0.2) is 75.4 Å². The normalized spacial score (nSPS) is 7.53. The standard InChI is InChI=1S/C10H16O5.C7H12O4.8CH4/c1-8(11)5-14-4-3-10(13)7-15-6-9(2)12;1-6(8)3-10-5-11-4-7(2)9;;;;;;;;/h3-7H2,1-2H3;3-5H2,1-2H3;8*1H4. The molecule has 0 N–H and O–H groups in total. The molecule has 0 aliphatic heterocycles. The SMILES string of the molecule is C.C.C.C.C.C.C.C.CC(=O)COCCC(=O)COCC(C)=O.CC(=O)COCOCC(C)=O. The first-order valence-corrected chi connectivity index (χ1v) is 7.95. The average Bonchev–Trinajstić information content (AvgIpc) is 2.50. The molecule has 214 valence electrons. The summed E-state index contributed by atoms with van der Waals surface area (Å²) in [7, 11) is 0. The number of rotatable bonds is 15. The molecule has 0 unspecified atom stereocenters. The second kappa shape index (κ2) is 44.8. The fourth-order valence-corrected chi connectivity index (χ4v) is 1.21. The van der Waals surface area contributed by atoms with Gasteiger partial charge in [0.05, 0.1) is 6.61 Å². The second-order valence-corrected chi connectivity index (χ2v) is 5.46. The van der Waals surface area contributed by atoms with E-state index in [1.807, 2.05) is 0 Å². The molecule has 0 heterocycles. The van der Waals surface area contributed by atoms with Crippen molar-refractivity contribution in [1.82, 2.24) is 0 Å². The molecule has 0 atom stereocenters. The zero-order valence-electron chi connectivity index (χ0n) is 15.8. The van der Waals surface area contributed by atoms with Crippen LogP contribution in [0.1, 0.15) is 93.5 Å². The zero-order valence-corrected chi connectivity index (χ0v) is 15.8. The molecule has 0 rings (SSSR count). The summed E-state index contributed by atoms with van der Waals surface area (Å²) >= 11 is 0. The van der Waals surface area contributed by atoms with Crippen molar-refractivity contribution in [3.05, 3.63) is 0 Å². The molecule has 0 fully saturated rings. The molecule has 0 aliphatic carbocycles. The number of carbonyl (C=O) groups is 5. The van der Waals surface area contributed by atoms with Crippen LogP contribution in [0.2, 0.25) is 0 Å². The number of carbonyl (C=O) groups excluding carboxylic acids is 5. The van der Waals surface area contributed by atoms with Crippen LogP contribution in [0.4, 0.5) is 0 Å². The Labute approximate surface area is 212 Å². The van der Waals surface area contributed by atoms with E-state index in [2.05, 4.69) is 0 Å². The third-order valence-corrected chi connectivity index (χ3v) is 2.18. The highest BCUT2D eigenvalue weighted by molar-refractivity contribution is 5.81. The van der Waals surface area contributed by atoms with E-state index in [0.29, 0.717) is 0 Å². The first kappa shape index (κ1) is 63.6. The summed E-state index contributed by atoms with van der Waals surface area (Å²) in [4.78, 5) is 52.6. The molecule has 9 heteroatoms. The maximum atomic E-state index is 11.1. The van der Waals surface area contributed by atoms with Crippen molar-refractivity contribution in [2.45, 2.75) is 93.5 Å². The van der Waals surface area contributed by atoms with Gasteiger partial charge in [0, 0.05) is 6.42 Å². The van der Waals surface area contributed by atoms with Gasteiger partial charge in [0.1, 0.15) is 39.8 Å². The van der Waals surface area contributed by atoms with Gasteiger partial charge in [-0.3, -0.25) is 24.0 Å². The van der Waals surface area contributed by atoms with Crippen molar-refractivity contribution in [3.63, 3.8) is 0 Å². The molecule has 0 aromatic heterocycles. The van der Waals surface area contributed by atoms with Gasteiger partial charge >= 0.3 is 0 Å². The highest BCUT2D eigenvalue weighted by Gasteiger charge is 2.03. The summed E-state index contributed by atoms with van der Waals surface area (Å²) in [6, 6.07) is 0. The summed E-state index contributed by atoms with van der Waals surface area (Å²) in [5.74, 6) is -0.446. The van der Waals surface area contributed by atoms with Gasteiger partial charge in [-0.1, -0.05) is 59.4 Å². The lowest BCUT2D eigenvalue weighted by atomic mass is 10.3. The van der Waals surface area contributed by atoms with Gasteiger partial charge in [-0.2, -0.15) is 0 Å². The van der Waals surface area contributed by atoms with Crippen LogP contribution >= 0.6 is 0 Å². The lowest BCUT2D eigenvalue weighted by Crippen LogP contribution is -2.15. The molecule has 34 heavy (non-hydrogen) atoms. The van der Waals surface area contributed by atoms with Crippen LogP contribution in [0.3, 0.4) is 0 Å². The summed E-state index contributed by atoms with van der Waals surface area (Å²) in [6.07, 6.45) is 0.200. The Hall–Kier alpha value is -1.81. The Balaban J connectivity index is -0.0000000351. The van der Waals surface area contributed by atoms with E-state index in [0.717, 1.165) is 0 Å². The van der Waals surface area contributed by atoms with Gasteiger partial charge in [0.2, 0.25) is 0 Å². The molecular weight excluding hydrogens is 444 g/mol. The maximum absolute atomic E-state index is 11.1. The minimum absolute atomic E-state index is 0. The smallest absolute Gasteiger partial charge is 0.160 e. The number of ketones is 5. The van der Waals surface area contributed by atoms with Crippen LogP contribution < -0.4 is 0 Å². The summed E-state index contributed by atoms with van der Waals surface area (Å²) < 4.78 is 19.2. The quantitative estimate of drug-likeness (QED) is 0.213. The maximum Gasteiger partial charge on any atom is 0.160 e. The van der Waals surface area contributed by atoms with E-state index in [-0.39, 0.29) is 141 Å². The lowest BCUT2D eigenvalue weighted by molar-refractivity contribution is -0.133. The molecule has 0 saturated heterocycles. The van der Waals surface area contributed by atoms with E-state index >= 15 is 0 Å². The van der Waals surface area contributed by atoms with Crippen LogP contribution in [0.15, 0.2) is 0 Å². The number of Topliss-reactive ketones (excluding diaryl/α,β-unsaturated/α-hetero) is 5. The predicted molar refractivity (Wildman–Crippen MR) is 145 cm³/mol. The molecular formula is C25H60O9. The Bertz CT molecular complexity index is 445. The summed E-state index contributed by atoms with van der Waals surface area (Å²) in [5, 5.41) is 0. The Morgan fingerprint density at radius 3 is 1.06 bits per heavy atom. The topological polar surface area (TPSA) is 122 Å². The third-order valence-electron chi connectivity index (χ3n) is 2.18. The van der Waals surface area contributed by atoms with Crippen LogP contribution in [0.5, 0.6) is 0 Å². The third kappa shape index (κ3) is 69.9. The molecule has 0 aromatic carbocycles. The Kier molecular flexibility index (Phi) is 83.8. The van der Waals surface area contributed by atoms with Gasteiger partial charge in [0.25, 0.3) is 0 Å². The predicted octanol–water partition coefficient (Wildman–Crippen LogP) is 5.40. The molecule has 0 radical (unpaired) electrons. The van der Waals surface area contributed by atoms with E-state index in [1.165, 1.54) is 27.7 Å². The Morgan fingerprint density at radius 2 is 0.735 bits per heavy atom. The first-order chi connectivity index (χ1) is 12.1. The highest BCUT2D eigenvalue weighted by atomic mass is 16.7. The van der Waals surface area contributed by atoms with E-state index in [9.17, 15) is 24.0 Å². The van der Waals surface area contributed by atoms with Crippen LogP contribution in [0, 0.1) is 0 Å². The van der Waals surface area contributed by atoms with Gasteiger partial charge < -0.3 is 18.9 Å². The van der Waals surface area contributed by atoms with Crippen molar-refractivity contribution >= 4 is 28.9 Å². The molecule has 0 saturated carbocycles. The molecule has 0 aromatic rings. The minimum atomic E-state index is -0.139. The van der Waals surface area contributed by atoms with Gasteiger partial charge in [0.15, 0.2) is 28.9 Å². The minimum Gasteiger partial charge on any atom is -0.373 e. The average molecular weight is 505 g/mol. The monoisotopic (exact) mass is 504 g/mol. The number of hydrogen-bond donors (Lipinski definition) is 0. The number of hydrogen-bond acceptors (Lipinski definition) is 9. The second-order valence-electron chi connectivity index (χ2n) is 5.46. The van der Waals surface area contributed by atoms with E-state index in [1.54, 1.807) is 0 Å². The van der Waals surface area contributed by atoms with Crippen LogP contribution in [0.25, 0.3) is 0 Å². The highest BCUT2D eigenvalue weighted by Crippen LogP contribution is 1.88. The molecule has 0 aliphatic rings. The van der Waals surface area contributed by atoms with E-state index < -0.39 is 0 Å². The fourth-order valence-electron chi connectivity index (χ4n) is 1.21. The Morgan fingerprint density at radius 1 is 0.441 bits per heavy atom. The van der Waals surface area contributed by atoms with Crippen LogP contribution in [-0.2, 0) is 42.9 Å². The van der Waals surface area contributed by atoms with Gasteiger partial charge in [-0.05, 0) is 27.7 Å². The van der Waals surface area contributed by atoms with Crippen molar-refractivity contribution in [3.8, 4) is 0 Å². The van der Waals surface area contributed by atoms with Crippen molar-refractivity contribution in [2.75, 3.05) is 46.4 Å². The lowest BCUT2D eigenvalue weighted by Gasteiger charge is -2.02. The van der Waals surface area contributed by atoms with Gasteiger partial charge in [-0.15, -0.1) is 0 Å². The summed E-state index contributed by atoms with van der Waals surface area (Å²) in [6.45, 7) is 5.84. The molecule has 0 bridgehead atoms.